The van der Waals surface area contributed by atoms with Crippen molar-refractivity contribution in [1.29, 1.82) is 0 Å². The Morgan fingerprint density at radius 3 is 2.40 bits per heavy atom. The van der Waals surface area contributed by atoms with Crippen molar-refractivity contribution in [3.63, 3.8) is 0 Å². The molecule has 1 aliphatic rings. The van der Waals surface area contributed by atoms with E-state index in [-0.39, 0.29) is 18.3 Å². The van der Waals surface area contributed by atoms with Gasteiger partial charge in [-0.2, -0.15) is 11.3 Å². The Kier molecular flexibility index (Phi) is 2.71. The van der Waals surface area contributed by atoms with E-state index in [1.54, 1.807) is 22.7 Å². The Morgan fingerprint density at radius 1 is 1.00 bits per heavy atom. The number of hydrogen-bond acceptors (Lipinski definition) is 5. The molecule has 20 heavy (non-hydrogen) atoms. The van der Waals surface area contributed by atoms with Crippen LogP contribution < -0.4 is 5.46 Å². The highest BCUT2D eigenvalue weighted by molar-refractivity contribution is 7.42. The van der Waals surface area contributed by atoms with Crippen LogP contribution in [0.1, 0.15) is 27.7 Å². The first-order chi connectivity index (χ1) is 9.39. The smallest absolute Gasteiger partial charge is 0.399 e. The van der Waals surface area contributed by atoms with E-state index in [9.17, 15) is 0 Å². The Labute approximate surface area is 130 Å². The van der Waals surface area contributed by atoms with Gasteiger partial charge >= 0.3 is 7.12 Å². The van der Waals surface area contributed by atoms with Gasteiger partial charge in [-0.15, -0.1) is 22.7 Å². The first-order valence-corrected chi connectivity index (χ1v) is 9.24. The number of thiophene rings is 3. The van der Waals surface area contributed by atoms with Gasteiger partial charge in [-0.05, 0) is 33.1 Å². The summed E-state index contributed by atoms with van der Waals surface area (Å²) in [4.78, 5) is 0. The van der Waals surface area contributed by atoms with E-state index in [4.69, 9.17) is 9.31 Å². The van der Waals surface area contributed by atoms with Gasteiger partial charge in [-0.3, -0.25) is 0 Å². The van der Waals surface area contributed by atoms with Crippen molar-refractivity contribution >= 4 is 66.1 Å². The summed E-state index contributed by atoms with van der Waals surface area (Å²) < 4.78 is 15.1. The predicted octanol–water partition coefficient (Wildman–Crippen LogP) is 4.48. The molecule has 1 fully saturated rings. The van der Waals surface area contributed by atoms with E-state index in [1.165, 1.54) is 24.9 Å². The fourth-order valence-corrected chi connectivity index (χ4v) is 5.83. The van der Waals surface area contributed by atoms with Crippen molar-refractivity contribution in [3.05, 3.63) is 16.1 Å². The van der Waals surface area contributed by atoms with Gasteiger partial charge in [0.15, 0.2) is 0 Å². The van der Waals surface area contributed by atoms with Crippen LogP contribution >= 0.6 is 34.0 Å². The van der Waals surface area contributed by atoms with Crippen LogP contribution in [-0.4, -0.2) is 18.3 Å². The zero-order valence-electron chi connectivity index (χ0n) is 11.9. The monoisotopic (exact) mass is 322 g/mol. The minimum absolute atomic E-state index is 0.258. The lowest BCUT2D eigenvalue weighted by atomic mass is 9.79. The van der Waals surface area contributed by atoms with Crippen molar-refractivity contribution in [2.45, 2.75) is 38.9 Å². The fourth-order valence-electron chi connectivity index (χ4n) is 2.48. The summed E-state index contributed by atoms with van der Waals surface area (Å²) >= 11 is 5.42. The molecule has 0 radical (unpaired) electrons. The van der Waals surface area contributed by atoms with Crippen molar-refractivity contribution in [2.75, 3.05) is 0 Å². The summed E-state index contributed by atoms with van der Waals surface area (Å²) in [6, 6.07) is 0. The van der Waals surface area contributed by atoms with Crippen LogP contribution in [0.25, 0.3) is 19.5 Å². The second-order valence-electron chi connectivity index (χ2n) is 6.19. The van der Waals surface area contributed by atoms with Gasteiger partial charge in [0.2, 0.25) is 0 Å². The molecule has 0 aromatic carbocycles. The molecule has 0 aliphatic carbocycles. The zero-order valence-corrected chi connectivity index (χ0v) is 14.3. The molecule has 0 N–H and O–H groups in total. The second-order valence-corrected chi connectivity index (χ2v) is 9.13. The van der Waals surface area contributed by atoms with E-state index in [2.05, 4.69) is 43.8 Å². The summed E-state index contributed by atoms with van der Waals surface area (Å²) in [5.74, 6) is 0. The predicted molar refractivity (Wildman–Crippen MR) is 90.8 cm³/mol. The Bertz CT molecular complexity index is 780. The fraction of sp³-hybridized carbons (Fsp3) is 0.429. The largest absolute Gasteiger partial charge is 0.496 e. The second kappa shape index (κ2) is 4.08. The average Bonchev–Trinajstić information content (AvgIpc) is 2.99. The van der Waals surface area contributed by atoms with Gasteiger partial charge in [-0.1, -0.05) is 0 Å². The van der Waals surface area contributed by atoms with Crippen LogP contribution in [0.3, 0.4) is 0 Å². The molecular weight excluding hydrogens is 307 g/mol. The number of rotatable bonds is 1. The molecular formula is C14H15BO2S3. The normalized spacial score (nSPS) is 21.3. The molecule has 0 atom stereocenters. The molecule has 104 valence electrons. The third-order valence-corrected chi connectivity index (χ3v) is 7.56. The molecule has 4 heterocycles. The van der Waals surface area contributed by atoms with Crippen LogP contribution in [0.5, 0.6) is 0 Å². The lowest BCUT2D eigenvalue weighted by molar-refractivity contribution is 0.00578. The van der Waals surface area contributed by atoms with Crippen LogP contribution in [0.15, 0.2) is 16.1 Å². The molecule has 0 amide bonds. The lowest BCUT2D eigenvalue weighted by Gasteiger charge is -2.32. The molecule has 4 rings (SSSR count). The summed E-state index contributed by atoms with van der Waals surface area (Å²) in [5.41, 5.74) is 0.624. The summed E-state index contributed by atoms with van der Waals surface area (Å²) in [7, 11) is -0.258. The lowest BCUT2D eigenvalue weighted by Crippen LogP contribution is -2.41. The maximum Gasteiger partial charge on any atom is 0.496 e. The number of hydrogen-bond donors (Lipinski definition) is 0. The molecule has 0 spiro atoms. The van der Waals surface area contributed by atoms with Crippen molar-refractivity contribution < 1.29 is 9.31 Å². The highest BCUT2D eigenvalue weighted by Gasteiger charge is 2.52. The minimum atomic E-state index is -0.282. The molecule has 6 heteroatoms. The van der Waals surface area contributed by atoms with Crippen LogP contribution in [0, 0.1) is 0 Å². The van der Waals surface area contributed by atoms with Crippen molar-refractivity contribution in [2.24, 2.45) is 0 Å². The summed E-state index contributed by atoms with van der Waals surface area (Å²) in [6.07, 6.45) is 0. The van der Waals surface area contributed by atoms with Gasteiger partial charge in [0, 0.05) is 31.7 Å². The first-order valence-electron chi connectivity index (χ1n) is 6.60. The molecule has 0 saturated carbocycles. The molecule has 3 aromatic rings. The van der Waals surface area contributed by atoms with Crippen molar-refractivity contribution in [1.82, 2.24) is 0 Å². The number of fused-ring (bicyclic) bond motifs is 3. The Morgan fingerprint density at radius 2 is 1.70 bits per heavy atom. The van der Waals surface area contributed by atoms with E-state index < -0.39 is 0 Å². The van der Waals surface area contributed by atoms with E-state index >= 15 is 0 Å². The maximum absolute atomic E-state index is 6.20. The SMILES string of the molecule is CC1(C)OB(c2csc3sc4cscc4c23)OC1(C)C. The highest BCUT2D eigenvalue weighted by atomic mass is 32.2. The third-order valence-electron chi connectivity index (χ3n) is 4.39. The average molecular weight is 322 g/mol. The van der Waals surface area contributed by atoms with Gasteiger partial charge in [-0.25, -0.2) is 0 Å². The molecule has 1 aliphatic heterocycles. The third kappa shape index (κ3) is 1.69. The Balaban J connectivity index is 1.87. The van der Waals surface area contributed by atoms with Crippen molar-refractivity contribution in [3.8, 4) is 0 Å². The van der Waals surface area contributed by atoms with E-state index in [0.717, 1.165) is 0 Å². The maximum atomic E-state index is 6.20. The quantitative estimate of drug-likeness (QED) is 0.615. The van der Waals surface area contributed by atoms with Crippen LogP contribution in [-0.2, 0) is 9.31 Å². The van der Waals surface area contributed by atoms with Gasteiger partial charge in [0.25, 0.3) is 0 Å². The molecule has 0 bridgehead atoms. The zero-order chi connectivity index (χ0) is 14.1. The van der Waals surface area contributed by atoms with Crippen LogP contribution in [0.4, 0.5) is 0 Å². The molecule has 2 nitrogen and oxygen atoms in total. The van der Waals surface area contributed by atoms with E-state index in [1.807, 2.05) is 11.3 Å². The van der Waals surface area contributed by atoms with Gasteiger partial charge < -0.3 is 9.31 Å². The molecule has 1 saturated heterocycles. The Hall–Kier alpha value is -0.395. The molecule has 0 unspecified atom stereocenters. The summed E-state index contributed by atoms with van der Waals surface area (Å²) in [6.45, 7) is 8.41. The first kappa shape index (κ1) is 13.3. The highest BCUT2D eigenvalue weighted by Crippen LogP contribution is 2.41. The summed E-state index contributed by atoms with van der Waals surface area (Å²) in [5, 5.41) is 9.33. The van der Waals surface area contributed by atoms with E-state index in [0.29, 0.717) is 0 Å². The molecule has 3 aromatic heterocycles. The standard InChI is InChI=1S/C14H15BO2S3/c1-13(2)14(3,4)17-15(16-13)9-6-19-12-11(9)8-5-18-7-10(8)20-12/h5-7H,1-4H3. The topological polar surface area (TPSA) is 18.5 Å². The van der Waals surface area contributed by atoms with Crippen LogP contribution in [0.2, 0.25) is 0 Å². The van der Waals surface area contributed by atoms with Gasteiger partial charge in [0.1, 0.15) is 0 Å². The minimum Gasteiger partial charge on any atom is -0.399 e. The van der Waals surface area contributed by atoms with Gasteiger partial charge in [0.05, 0.1) is 15.2 Å².